The Hall–Kier alpha value is -3.35. The van der Waals surface area contributed by atoms with Crippen LogP contribution >= 0.6 is 0 Å². The zero-order valence-electron chi connectivity index (χ0n) is 30.3. The molecule has 2 aromatic carbocycles. The van der Waals surface area contributed by atoms with Gasteiger partial charge in [-0.2, -0.15) is 13.2 Å². The number of piperidine rings is 1. The van der Waals surface area contributed by atoms with Crippen LogP contribution in [0.15, 0.2) is 42.5 Å². The third kappa shape index (κ3) is 8.18. The number of amides is 2. The average Bonchev–Trinajstić information content (AvgIpc) is 3.79. The maximum absolute atomic E-state index is 14.7. The van der Waals surface area contributed by atoms with E-state index in [9.17, 15) is 22.8 Å². The minimum absolute atomic E-state index is 0.00623. The average molecular weight is 715 g/mol. The highest BCUT2D eigenvalue weighted by atomic mass is 19.4. The Morgan fingerprint density at radius 3 is 2.18 bits per heavy atom. The number of benzene rings is 2. The Labute approximate surface area is 299 Å². The molecular formula is C39H53F3N4O5. The predicted molar refractivity (Wildman–Crippen MR) is 189 cm³/mol. The predicted octanol–water partition coefficient (Wildman–Crippen LogP) is 5.54. The van der Waals surface area contributed by atoms with Crippen LogP contribution < -0.4 is 15.0 Å². The third-order valence-electron chi connectivity index (χ3n) is 12.0. The molecule has 1 saturated carbocycles. The molecule has 4 fully saturated rings. The summed E-state index contributed by atoms with van der Waals surface area (Å²) in [6.07, 6.45) is 1.000. The quantitative estimate of drug-likeness (QED) is 0.347. The van der Waals surface area contributed by atoms with Crippen LogP contribution in [0.25, 0.3) is 0 Å². The van der Waals surface area contributed by atoms with Gasteiger partial charge in [0.25, 0.3) is 0 Å². The first-order chi connectivity index (χ1) is 24.5. The molecule has 3 heterocycles. The van der Waals surface area contributed by atoms with Gasteiger partial charge in [0, 0.05) is 95.9 Å². The fourth-order valence-corrected chi connectivity index (χ4v) is 9.13. The summed E-state index contributed by atoms with van der Waals surface area (Å²) in [5, 5.41) is 2.71. The molecule has 0 aromatic heterocycles. The van der Waals surface area contributed by atoms with Gasteiger partial charge in [-0.25, -0.2) is 0 Å². The zero-order chi connectivity index (χ0) is 36.3. The molecule has 6 rings (SSSR count). The first-order valence-electron chi connectivity index (χ1n) is 18.4. The molecule has 0 unspecified atom stereocenters. The molecule has 2 amide bonds. The van der Waals surface area contributed by atoms with E-state index >= 15 is 0 Å². The van der Waals surface area contributed by atoms with E-state index in [1.807, 2.05) is 21.9 Å². The van der Waals surface area contributed by atoms with Gasteiger partial charge in [0.15, 0.2) is 0 Å². The second-order valence-electron chi connectivity index (χ2n) is 14.8. The molecule has 2 aromatic rings. The molecule has 3 saturated heterocycles. The molecule has 1 aliphatic carbocycles. The van der Waals surface area contributed by atoms with Crippen LogP contribution in [-0.4, -0.2) is 108 Å². The molecular weight excluding hydrogens is 661 g/mol. The first kappa shape index (κ1) is 37.4. The van der Waals surface area contributed by atoms with Crippen molar-refractivity contribution in [2.75, 3.05) is 79.2 Å². The number of nitrogens with one attached hydrogen (secondary N) is 1. The van der Waals surface area contributed by atoms with Crippen molar-refractivity contribution in [2.24, 2.45) is 17.8 Å². The monoisotopic (exact) mass is 714 g/mol. The fourth-order valence-electron chi connectivity index (χ4n) is 9.13. The number of likely N-dealkylation sites (tertiary alicyclic amines) is 2. The highest BCUT2D eigenvalue weighted by molar-refractivity contribution is 5.81. The van der Waals surface area contributed by atoms with Gasteiger partial charge >= 0.3 is 6.18 Å². The summed E-state index contributed by atoms with van der Waals surface area (Å²) >= 11 is 0. The van der Waals surface area contributed by atoms with Crippen LogP contribution in [0.4, 0.5) is 18.9 Å². The lowest BCUT2D eigenvalue weighted by Gasteiger charge is -2.36. The Balaban J connectivity index is 1.27. The van der Waals surface area contributed by atoms with Crippen LogP contribution in [0.5, 0.6) is 5.75 Å². The molecule has 9 nitrogen and oxygen atoms in total. The zero-order valence-corrected chi connectivity index (χ0v) is 30.3. The maximum Gasteiger partial charge on any atom is 0.416 e. The van der Waals surface area contributed by atoms with Gasteiger partial charge < -0.3 is 29.3 Å². The van der Waals surface area contributed by atoms with Crippen molar-refractivity contribution in [3.63, 3.8) is 0 Å². The second kappa shape index (κ2) is 16.1. The van der Waals surface area contributed by atoms with Crippen molar-refractivity contribution in [1.29, 1.82) is 0 Å². The van der Waals surface area contributed by atoms with Crippen LogP contribution in [0, 0.1) is 17.8 Å². The molecule has 3 aliphatic heterocycles. The van der Waals surface area contributed by atoms with E-state index in [0.717, 1.165) is 55.2 Å². The van der Waals surface area contributed by atoms with Crippen molar-refractivity contribution in [2.45, 2.75) is 68.7 Å². The summed E-state index contributed by atoms with van der Waals surface area (Å²) in [5.74, 6) is 0.119. The lowest BCUT2D eigenvalue weighted by molar-refractivity contribution is -0.137. The van der Waals surface area contributed by atoms with Crippen LogP contribution in [0.3, 0.4) is 0 Å². The number of ether oxygens (including phenoxy) is 3. The normalized spacial score (nSPS) is 27.9. The highest BCUT2D eigenvalue weighted by Crippen LogP contribution is 2.44. The van der Waals surface area contributed by atoms with Crippen LogP contribution in [0.1, 0.15) is 67.1 Å². The SMILES string of the molecule is CNC(=O)C1CCN(c2cc(C(F)(F)F)ccc2[C@H]2CN(C(=O)[C@@H]3CN([C@H]4CC[C@H](OC)CC4)C[C@H]3c3ccc(OC)cc3)C[C@@H]2COC)CC1. The molecule has 0 bridgehead atoms. The van der Waals surface area contributed by atoms with Gasteiger partial charge in [0.2, 0.25) is 11.8 Å². The molecule has 280 valence electrons. The molecule has 4 aliphatic rings. The number of anilines is 1. The van der Waals surface area contributed by atoms with E-state index in [2.05, 4.69) is 22.3 Å². The van der Waals surface area contributed by atoms with Crippen molar-refractivity contribution in [3.8, 4) is 5.75 Å². The van der Waals surface area contributed by atoms with E-state index < -0.39 is 11.7 Å². The lowest BCUT2D eigenvalue weighted by Crippen LogP contribution is -2.40. The molecule has 51 heavy (non-hydrogen) atoms. The largest absolute Gasteiger partial charge is 0.497 e. The van der Waals surface area contributed by atoms with Crippen molar-refractivity contribution in [3.05, 3.63) is 59.2 Å². The van der Waals surface area contributed by atoms with E-state index in [1.165, 1.54) is 6.07 Å². The first-order valence-corrected chi connectivity index (χ1v) is 18.4. The number of methoxy groups -OCH3 is 3. The van der Waals surface area contributed by atoms with Gasteiger partial charge in [0.05, 0.1) is 31.3 Å². The Morgan fingerprint density at radius 2 is 1.57 bits per heavy atom. The Bertz CT molecular complexity index is 1490. The maximum atomic E-state index is 14.7. The summed E-state index contributed by atoms with van der Waals surface area (Å²) in [6.45, 7) is 3.68. The number of carbonyl (C=O) groups is 2. The molecule has 0 spiro atoms. The van der Waals surface area contributed by atoms with Crippen molar-refractivity contribution in [1.82, 2.24) is 15.1 Å². The minimum atomic E-state index is -4.50. The smallest absolute Gasteiger partial charge is 0.416 e. The lowest BCUT2D eigenvalue weighted by atomic mass is 9.86. The summed E-state index contributed by atoms with van der Waals surface area (Å²) in [7, 11) is 6.66. The number of halogens is 3. The van der Waals surface area contributed by atoms with E-state index in [4.69, 9.17) is 14.2 Å². The van der Waals surface area contributed by atoms with Crippen LogP contribution in [0.2, 0.25) is 0 Å². The van der Waals surface area contributed by atoms with Crippen molar-refractivity contribution >= 4 is 17.5 Å². The summed E-state index contributed by atoms with van der Waals surface area (Å²) in [5.41, 5.74) is 1.75. The highest BCUT2D eigenvalue weighted by Gasteiger charge is 2.47. The standard InChI is InChI=1S/C39H53F3N4O5/c1-43-37(47)26-15-17-44(18-16-26)36-19-28(39(40,41)42)7-14-32(36)34-22-46(20-27(34)24-49-2)38(48)35-23-45(29-8-12-31(51-4)13-9-29)21-33(35)25-5-10-30(50-3)11-6-25/h5-7,10-11,14,19,26-27,29,31,33-35H,8-9,12-13,15-18,20-24H2,1-4H3,(H,43,47)/t27-,29-,31-,33+,34+,35-/m1/s1. The van der Waals surface area contributed by atoms with E-state index in [-0.39, 0.29) is 47.5 Å². The number of nitrogens with zero attached hydrogens (tertiary/aromatic N) is 3. The molecule has 1 N–H and O–H groups in total. The summed E-state index contributed by atoms with van der Waals surface area (Å²) < 4.78 is 58.9. The number of hydrogen-bond acceptors (Lipinski definition) is 7. The van der Waals surface area contributed by atoms with Crippen molar-refractivity contribution < 1.29 is 37.0 Å². The number of carbonyl (C=O) groups excluding carboxylic acids is 2. The van der Waals surface area contributed by atoms with E-state index in [1.54, 1.807) is 34.4 Å². The van der Waals surface area contributed by atoms with Gasteiger partial charge in [0.1, 0.15) is 5.75 Å². The summed E-state index contributed by atoms with van der Waals surface area (Å²) in [4.78, 5) is 33.5. The second-order valence-corrected chi connectivity index (χ2v) is 14.8. The number of alkyl halides is 3. The van der Waals surface area contributed by atoms with Gasteiger partial charge in [-0.1, -0.05) is 18.2 Å². The van der Waals surface area contributed by atoms with Gasteiger partial charge in [-0.3, -0.25) is 14.5 Å². The number of hydrogen-bond donors (Lipinski definition) is 1. The molecule has 12 heteroatoms. The summed E-state index contributed by atoms with van der Waals surface area (Å²) in [6, 6.07) is 12.5. The molecule has 0 radical (unpaired) electrons. The van der Waals surface area contributed by atoms with E-state index in [0.29, 0.717) is 63.9 Å². The van der Waals surface area contributed by atoms with Crippen LogP contribution in [-0.2, 0) is 25.2 Å². The third-order valence-corrected chi connectivity index (χ3v) is 12.0. The fraction of sp³-hybridized carbons (Fsp3) is 0.641. The molecule has 4 atom stereocenters. The van der Waals surface area contributed by atoms with Gasteiger partial charge in [-0.15, -0.1) is 0 Å². The Morgan fingerprint density at radius 1 is 0.863 bits per heavy atom. The van der Waals surface area contributed by atoms with Gasteiger partial charge in [-0.05, 0) is 73.9 Å². The minimum Gasteiger partial charge on any atom is -0.497 e. The Kier molecular flexibility index (Phi) is 11.8. The topological polar surface area (TPSA) is 83.6 Å². The number of rotatable bonds is 10.